The Labute approximate surface area is 173 Å². The molecule has 2 amide bonds. The molecule has 142 valence electrons. The van der Waals surface area contributed by atoms with Crippen molar-refractivity contribution in [3.8, 4) is 0 Å². The van der Waals surface area contributed by atoms with Gasteiger partial charge in [0.25, 0.3) is 0 Å². The van der Waals surface area contributed by atoms with Gasteiger partial charge in [0, 0.05) is 10.0 Å². The predicted molar refractivity (Wildman–Crippen MR) is 114 cm³/mol. The minimum Gasteiger partial charge on any atom is -0.324 e. The van der Waals surface area contributed by atoms with E-state index in [1.54, 1.807) is 48.5 Å². The average Bonchev–Trinajstić information content (AvgIpc) is 2.67. The summed E-state index contributed by atoms with van der Waals surface area (Å²) in [5.41, 5.74) is 2.80. The van der Waals surface area contributed by atoms with Gasteiger partial charge < -0.3 is 10.6 Å². The zero-order valence-electron chi connectivity index (χ0n) is 14.9. The van der Waals surface area contributed by atoms with Crippen molar-refractivity contribution in [2.75, 3.05) is 10.6 Å². The molecule has 2 N–H and O–H groups in total. The maximum absolute atomic E-state index is 12.4. The fraction of sp³-hybridized carbons (Fsp3) is 0.0909. The van der Waals surface area contributed by atoms with E-state index in [2.05, 4.69) is 10.6 Å². The third kappa shape index (κ3) is 5.84. The molecule has 0 radical (unpaired) electrons. The van der Waals surface area contributed by atoms with Crippen LogP contribution in [-0.2, 0) is 22.4 Å². The summed E-state index contributed by atoms with van der Waals surface area (Å²) >= 11 is 11.7. The maximum atomic E-state index is 12.4. The lowest BCUT2D eigenvalue weighted by molar-refractivity contribution is -0.116. The molecular formula is C22H18Cl2N2O2. The monoisotopic (exact) mass is 412 g/mol. The number of rotatable bonds is 6. The van der Waals surface area contributed by atoms with E-state index in [0.717, 1.165) is 11.1 Å². The van der Waals surface area contributed by atoms with Crippen LogP contribution in [0.3, 0.4) is 0 Å². The molecule has 3 aromatic rings. The molecule has 0 atom stereocenters. The Morgan fingerprint density at radius 2 is 0.964 bits per heavy atom. The zero-order valence-corrected chi connectivity index (χ0v) is 16.4. The van der Waals surface area contributed by atoms with E-state index in [1.807, 2.05) is 24.3 Å². The number of para-hydroxylation sites is 2. The highest BCUT2D eigenvalue weighted by Crippen LogP contribution is 2.22. The summed E-state index contributed by atoms with van der Waals surface area (Å²) in [6.45, 7) is 0. The molecule has 3 rings (SSSR count). The molecule has 0 aliphatic heterocycles. The molecule has 3 aromatic carbocycles. The fourth-order valence-corrected chi connectivity index (χ4v) is 2.92. The number of amides is 2. The SMILES string of the molecule is O=C(Cc1ccc(Cl)cc1)Nc1ccccc1NC(=O)Cc1ccc(Cl)cc1. The summed E-state index contributed by atoms with van der Waals surface area (Å²) in [6.07, 6.45) is 0.425. The second-order valence-corrected chi connectivity index (χ2v) is 7.12. The van der Waals surface area contributed by atoms with Crippen molar-refractivity contribution in [2.45, 2.75) is 12.8 Å². The number of benzene rings is 3. The van der Waals surface area contributed by atoms with Crippen molar-refractivity contribution in [2.24, 2.45) is 0 Å². The molecule has 0 fully saturated rings. The number of hydrogen-bond acceptors (Lipinski definition) is 2. The quantitative estimate of drug-likeness (QED) is 0.572. The Morgan fingerprint density at radius 3 is 1.32 bits per heavy atom. The lowest BCUT2D eigenvalue weighted by Gasteiger charge is -2.12. The smallest absolute Gasteiger partial charge is 0.228 e. The number of anilines is 2. The van der Waals surface area contributed by atoms with E-state index in [4.69, 9.17) is 23.2 Å². The zero-order chi connectivity index (χ0) is 19.9. The molecule has 0 unspecified atom stereocenters. The van der Waals surface area contributed by atoms with Gasteiger partial charge in [-0.05, 0) is 47.5 Å². The summed E-state index contributed by atoms with van der Waals surface area (Å²) in [4.78, 5) is 24.7. The third-order valence-corrected chi connectivity index (χ3v) is 4.54. The molecule has 6 heteroatoms. The van der Waals surface area contributed by atoms with E-state index in [0.29, 0.717) is 21.4 Å². The summed E-state index contributed by atoms with van der Waals surface area (Å²) in [6, 6.07) is 21.3. The van der Waals surface area contributed by atoms with Crippen LogP contribution in [0.5, 0.6) is 0 Å². The molecule has 0 saturated carbocycles. The lowest BCUT2D eigenvalue weighted by atomic mass is 10.1. The first kappa shape index (κ1) is 19.9. The number of carbonyl (C=O) groups excluding carboxylic acids is 2. The third-order valence-electron chi connectivity index (χ3n) is 4.03. The molecule has 0 bridgehead atoms. The average molecular weight is 413 g/mol. The van der Waals surface area contributed by atoms with Crippen molar-refractivity contribution in [1.29, 1.82) is 0 Å². The van der Waals surface area contributed by atoms with Crippen molar-refractivity contribution in [3.05, 3.63) is 94.0 Å². The number of halogens is 2. The Kier molecular flexibility index (Phi) is 6.69. The highest BCUT2D eigenvalue weighted by molar-refractivity contribution is 6.30. The van der Waals surface area contributed by atoms with Crippen molar-refractivity contribution >= 4 is 46.4 Å². The van der Waals surface area contributed by atoms with E-state index in [-0.39, 0.29) is 24.7 Å². The van der Waals surface area contributed by atoms with Crippen LogP contribution in [0.1, 0.15) is 11.1 Å². The fourth-order valence-electron chi connectivity index (χ4n) is 2.67. The molecule has 4 nitrogen and oxygen atoms in total. The first-order valence-electron chi connectivity index (χ1n) is 8.67. The van der Waals surface area contributed by atoms with E-state index in [9.17, 15) is 9.59 Å². The van der Waals surface area contributed by atoms with Crippen LogP contribution in [0.2, 0.25) is 10.0 Å². The molecule has 0 saturated heterocycles. The first-order chi connectivity index (χ1) is 13.5. The topological polar surface area (TPSA) is 58.2 Å². The Morgan fingerprint density at radius 1 is 0.607 bits per heavy atom. The Balaban J connectivity index is 1.63. The van der Waals surface area contributed by atoms with E-state index >= 15 is 0 Å². The van der Waals surface area contributed by atoms with Crippen LogP contribution in [0, 0.1) is 0 Å². The van der Waals surface area contributed by atoms with Crippen LogP contribution >= 0.6 is 23.2 Å². The molecule has 0 heterocycles. The predicted octanol–water partition coefficient (Wildman–Crippen LogP) is 5.36. The Hall–Kier alpha value is -2.82. The lowest BCUT2D eigenvalue weighted by Crippen LogP contribution is -2.19. The van der Waals surface area contributed by atoms with Crippen LogP contribution in [-0.4, -0.2) is 11.8 Å². The van der Waals surface area contributed by atoms with E-state index < -0.39 is 0 Å². The van der Waals surface area contributed by atoms with Crippen LogP contribution < -0.4 is 10.6 Å². The molecular weight excluding hydrogens is 395 g/mol. The number of nitrogens with one attached hydrogen (secondary N) is 2. The number of carbonyl (C=O) groups is 2. The van der Waals surface area contributed by atoms with Gasteiger partial charge in [0.2, 0.25) is 11.8 Å². The highest BCUT2D eigenvalue weighted by atomic mass is 35.5. The van der Waals surface area contributed by atoms with Gasteiger partial charge in [-0.15, -0.1) is 0 Å². The standard InChI is InChI=1S/C22H18Cl2N2O2/c23-17-9-5-15(6-10-17)13-21(27)25-19-3-1-2-4-20(19)26-22(28)14-16-7-11-18(24)12-8-16/h1-12H,13-14H2,(H,25,27)(H,26,28). The van der Waals surface area contributed by atoms with Gasteiger partial charge in [0.15, 0.2) is 0 Å². The minimum absolute atomic E-state index is 0.179. The molecule has 0 spiro atoms. The first-order valence-corrected chi connectivity index (χ1v) is 9.43. The van der Waals surface area contributed by atoms with Gasteiger partial charge >= 0.3 is 0 Å². The van der Waals surface area contributed by atoms with Gasteiger partial charge in [-0.25, -0.2) is 0 Å². The summed E-state index contributed by atoms with van der Waals surface area (Å²) in [5.74, 6) is -0.358. The van der Waals surface area contributed by atoms with Crippen LogP contribution in [0.25, 0.3) is 0 Å². The summed E-state index contributed by atoms with van der Waals surface area (Å²) in [5, 5.41) is 6.94. The van der Waals surface area contributed by atoms with Gasteiger partial charge in [0.05, 0.1) is 24.2 Å². The van der Waals surface area contributed by atoms with Gasteiger partial charge in [-0.3, -0.25) is 9.59 Å². The largest absolute Gasteiger partial charge is 0.324 e. The summed E-state index contributed by atoms with van der Waals surface area (Å²) < 4.78 is 0. The van der Waals surface area contributed by atoms with Crippen LogP contribution in [0.15, 0.2) is 72.8 Å². The summed E-state index contributed by atoms with van der Waals surface area (Å²) in [7, 11) is 0. The normalized spacial score (nSPS) is 10.4. The molecule has 0 aliphatic carbocycles. The minimum atomic E-state index is -0.179. The second kappa shape index (κ2) is 9.40. The van der Waals surface area contributed by atoms with Crippen molar-refractivity contribution in [1.82, 2.24) is 0 Å². The van der Waals surface area contributed by atoms with Crippen LogP contribution in [0.4, 0.5) is 11.4 Å². The Bertz CT molecular complexity index is 890. The van der Waals surface area contributed by atoms with Gasteiger partial charge in [-0.2, -0.15) is 0 Å². The number of hydrogen-bond donors (Lipinski definition) is 2. The molecule has 0 aliphatic rings. The second-order valence-electron chi connectivity index (χ2n) is 6.25. The van der Waals surface area contributed by atoms with Crippen molar-refractivity contribution in [3.63, 3.8) is 0 Å². The maximum Gasteiger partial charge on any atom is 0.228 e. The highest BCUT2D eigenvalue weighted by Gasteiger charge is 2.11. The van der Waals surface area contributed by atoms with Crippen molar-refractivity contribution < 1.29 is 9.59 Å². The van der Waals surface area contributed by atoms with Gasteiger partial charge in [-0.1, -0.05) is 59.6 Å². The molecule has 0 aromatic heterocycles. The van der Waals surface area contributed by atoms with E-state index in [1.165, 1.54) is 0 Å². The molecule has 28 heavy (non-hydrogen) atoms. The van der Waals surface area contributed by atoms with Gasteiger partial charge in [0.1, 0.15) is 0 Å².